The van der Waals surface area contributed by atoms with Crippen LogP contribution in [0.1, 0.15) is 22.2 Å². The van der Waals surface area contributed by atoms with Crippen LogP contribution >= 0.6 is 11.3 Å². The fraction of sp³-hybridized carbons (Fsp3) is 0.333. The fourth-order valence-electron chi connectivity index (χ4n) is 2.07. The molecule has 136 valence electrons. The standard InChI is InChI=1S/C12H14N4O7S2/c1-4-15-11(23-3)13-16(12(15)20)10(19)14-25(21,22)8-6(2)24-5-7(8)9(17)18/h5H,4H2,1-3H3,(H,14,19)(H,17,18). The number of aromatic nitrogens is 3. The van der Waals surface area contributed by atoms with E-state index in [1.807, 2.05) is 0 Å². The molecule has 25 heavy (non-hydrogen) atoms. The summed E-state index contributed by atoms with van der Waals surface area (Å²) in [4.78, 5) is 35.0. The monoisotopic (exact) mass is 390 g/mol. The third kappa shape index (κ3) is 3.28. The molecule has 0 fully saturated rings. The zero-order valence-electron chi connectivity index (χ0n) is 13.3. The highest BCUT2D eigenvalue weighted by Crippen LogP contribution is 2.26. The van der Waals surface area contributed by atoms with Crippen molar-refractivity contribution in [2.75, 3.05) is 7.11 Å². The van der Waals surface area contributed by atoms with E-state index in [4.69, 9.17) is 9.84 Å². The van der Waals surface area contributed by atoms with Crippen molar-refractivity contribution in [3.63, 3.8) is 0 Å². The van der Waals surface area contributed by atoms with Gasteiger partial charge < -0.3 is 9.84 Å². The Balaban J connectivity index is 2.45. The van der Waals surface area contributed by atoms with Gasteiger partial charge in [0.05, 0.1) is 12.7 Å². The number of hydrogen-bond donors (Lipinski definition) is 2. The average molecular weight is 390 g/mol. The molecule has 0 saturated heterocycles. The summed E-state index contributed by atoms with van der Waals surface area (Å²) in [6.07, 6.45) is 0. The summed E-state index contributed by atoms with van der Waals surface area (Å²) in [6.45, 7) is 3.16. The van der Waals surface area contributed by atoms with E-state index in [0.29, 0.717) is 4.68 Å². The number of amides is 1. The van der Waals surface area contributed by atoms with Crippen LogP contribution in [-0.2, 0) is 16.6 Å². The zero-order valence-corrected chi connectivity index (χ0v) is 15.0. The predicted octanol–water partition coefficient (Wildman–Crippen LogP) is 0.0880. The molecule has 0 spiro atoms. The summed E-state index contributed by atoms with van der Waals surface area (Å²) in [5, 5.41) is 13.8. The summed E-state index contributed by atoms with van der Waals surface area (Å²) in [5.74, 6) is -1.45. The molecule has 2 aromatic heterocycles. The van der Waals surface area contributed by atoms with Gasteiger partial charge in [-0.15, -0.1) is 21.1 Å². The molecule has 0 radical (unpaired) electrons. The smallest absolute Gasteiger partial charge is 0.360 e. The van der Waals surface area contributed by atoms with Gasteiger partial charge in [-0.3, -0.25) is 0 Å². The lowest BCUT2D eigenvalue weighted by atomic mass is 10.3. The van der Waals surface area contributed by atoms with Crippen molar-refractivity contribution in [1.82, 2.24) is 19.1 Å². The first-order valence-electron chi connectivity index (χ1n) is 6.76. The summed E-state index contributed by atoms with van der Waals surface area (Å²) in [7, 11) is -3.29. The quantitative estimate of drug-likeness (QED) is 0.729. The molecule has 13 heteroatoms. The summed E-state index contributed by atoms with van der Waals surface area (Å²) < 4.78 is 32.6. The van der Waals surface area contributed by atoms with Crippen LogP contribution in [0.4, 0.5) is 4.79 Å². The van der Waals surface area contributed by atoms with Gasteiger partial charge >= 0.3 is 23.7 Å². The van der Waals surface area contributed by atoms with Crippen molar-refractivity contribution in [2.24, 2.45) is 0 Å². The predicted molar refractivity (Wildman–Crippen MR) is 85.8 cm³/mol. The number of nitrogens with zero attached hydrogens (tertiary/aromatic N) is 3. The third-order valence-electron chi connectivity index (χ3n) is 3.16. The van der Waals surface area contributed by atoms with Gasteiger partial charge in [0.1, 0.15) is 4.90 Å². The van der Waals surface area contributed by atoms with Crippen molar-refractivity contribution in [3.8, 4) is 6.01 Å². The van der Waals surface area contributed by atoms with Crippen molar-refractivity contribution < 1.29 is 27.9 Å². The Kier molecular flexibility index (Phi) is 4.99. The Morgan fingerprint density at radius 3 is 2.56 bits per heavy atom. The third-order valence-corrected chi connectivity index (χ3v) is 5.71. The van der Waals surface area contributed by atoms with Crippen LogP contribution in [0.15, 0.2) is 15.1 Å². The van der Waals surface area contributed by atoms with E-state index in [-0.39, 0.29) is 17.4 Å². The second-order valence-electron chi connectivity index (χ2n) is 4.68. The van der Waals surface area contributed by atoms with Gasteiger partial charge in [0, 0.05) is 16.8 Å². The highest BCUT2D eigenvalue weighted by molar-refractivity contribution is 7.90. The SMILES string of the molecule is CCn1c(OC)nn(C(=O)NS(=O)(=O)c2c(C(=O)O)csc2C)c1=O. The number of aryl methyl sites for hydroxylation is 1. The van der Waals surface area contributed by atoms with Crippen LogP contribution in [0, 0.1) is 6.92 Å². The van der Waals surface area contributed by atoms with Crippen molar-refractivity contribution in [1.29, 1.82) is 0 Å². The molecule has 0 aliphatic heterocycles. The van der Waals surface area contributed by atoms with Crippen molar-refractivity contribution >= 4 is 33.4 Å². The minimum absolute atomic E-state index is 0.148. The topological polar surface area (TPSA) is 150 Å². The van der Waals surface area contributed by atoms with Gasteiger partial charge in [-0.2, -0.15) is 0 Å². The van der Waals surface area contributed by atoms with Crippen LogP contribution in [0.25, 0.3) is 0 Å². The lowest BCUT2D eigenvalue weighted by Gasteiger charge is -2.06. The number of hydrogen-bond acceptors (Lipinski definition) is 8. The van der Waals surface area contributed by atoms with Gasteiger partial charge in [-0.1, -0.05) is 0 Å². The number of carboxylic acid groups (broad SMARTS) is 1. The summed E-state index contributed by atoms with van der Waals surface area (Å²) in [6, 6.07) is -1.52. The number of carbonyl (C=O) groups is 2. The molecule has 0 aliphatic carbocycles. The lowest BCUT2D eigenvalue weighted by Crippen LogP contribution is -2.41. The van der Waals surface area contributed by atoms with Gasteiger partial charge in [-0.25, -0.2) is 32.1 Å². The normalized spacial score (nSPS) is 11.3. The number of carbonyl (C=O) groups excluding carboxylic acids is 1. The molecule has 0 aliphatic rings. The van der Waals surface area contributed by atoms with E-state index in [2.05, 4.69) is 5.10 Å². The Morgan fingerprint density at radius 2 is 2.08 bits per heavy atom. The molecule has 0 atom stereocenters. The molecule has 0 bridgehead atoms. The molecule has 0 aromatic carbocycles. The van der Waals surface area contributed by atoms with Gasteiger partial charge in [0.2, 0.25) is 0 Å². The molecule has 11 nitrogen and oxygen atoms in total. The Morgan fingerprint density at radius 1 is 1.44 bits per heavy atom. The van der Waals surface area contributed by atoms with Crippen LogP contribution in [0.3, 0.4) is 0 Å². The molecule has 2 N–H and O–H groups in total. The first kappa shape index (κ1) is 18.7. The summed E-state index contributed by atoms with van der Waals surface area (Å²) >= 11 is 0.907. The largest absolute Gasteiger partial charge is 0.478 e. The van der Waals surface area contributed by atoms with Crippen LogP contribution in [0.5, 0.6) is 6.01 Å². The highest BCUT2D eigenvalue weighted by Gasteiger charge is 2.30. The first-order chi connectivity index (χ1) is 11.6. The first-order valence-corrected chi connectivity index (χ1v) is 9.12. The number of aromatic carboxylic acids is 1. The minimum Gasteiger partial charge on any atom is -0.478 e. The zero-order chi connectivity index (χ0) is 18.9. The van der Waals surface area contributed by atoms with E-state index < -0.39 is 38.2 Å². The number of rotatable bonds is 5. The molecule has 0 unspecified atom stereocenters. The second kappa shape index (κ2) is 6.68. The van der Waals surface area contributed by atoms with Crippen molar-refractivity contribution in [2.45, 2.75) is 25.3 Å². The highest BCUT2D eigenvalue weighted by atomic mass is 32.2. The molecule has 2 rings (SSSR count). The van der Waals surface area contributed by atoms with Crippen LogP contribution < -0.4 is 15.1 Å². The number of sulfonamides is 1. The second-order valence-corrected chi connectivity index (χ2v) is 7.38. The molecular formula is C12H14N4O7S2. The van der Waals surface area contributed by atoms with Gasteiger partial charge in [0.15, 0.2) is 0 Å². The maximum Gasteiger partial charge on any atom is 0.360 e. The van der Waals surface area contributed by atoms with Crippen molar-refractivity contribution in [3.05, 3.63) is 26.3 Å². The number of thiophene rings is 1. The van der Waals surface area contributed by atoms with Gasteiger partial charge in [0.25, 0.3) is 10.0 Å². The molecule has 0 saturated carbocycles. The fourth-order valence-corrected chi connectivity index (χ4v) is 4.58. The van der Waals surface area contributed by atoms with Gasteiger partial charge in [-0.05, 0) is 13.8 Å². The van der Waals surface area contributed by atoms with E-state index in [9.17, 15) is 22.8 Å². The molecule has 1 amide bonds. The molecular weight excluding hydrogens is 376 g/mol. The number of nitrogens with one attached hydrogen (secondary N) is 1. The maximum atomic E-state index is 12.4. The Hall–Kier alpha value is -2.67. The molecule has 2 heterocycles. The van der Waals surface area contributed by atoms with E-state index in [0.717, 1.165) is 21.3 Å². The Labute approximate surface area is 145 Å². The lowest BCUT2D eigenvalue weighted by molar-refractivity contribution is 0.0693. The number of methoxy groups -OCH3 is 1. The van der Waals surface area contributed by atoms with Crippen LogP contribution in [0.2, 0.25) is 0 Å². The Bertz CT molecular complexity index is 999. The average Bonchev–Trinajstić information content (AvgIpc) is 3.07. The summed E-state index contributed by atoms with van der Waals surface area (Å²) in [5.41, 5.74) is -1.36. The van der Waals surface area contributed by atoms with Crippen LogP contribution in [-0.4, -0.2) is 47.0 Å². The number of carboxylic acids is 1. The van der Waals surface area contributed by atoms with E-state index in [1.54, 1.807) is 11.6 Å². The minimum atomic E-state index is -4.52. The number of ether oxygens (including phenoxy) is 1. The molecule has 2 aromatic rings. The van der Waals surface area contributed by atoms with E-state index in [1.165, 1.54) is 14.0 Å². The maximum absolute atomic E-state index is 12.4. The van der Waals surface area contributed by atoms with E-state index >= 15 is 0 Å².